The number of hydrogen-bond donors (Lipinski definition) is 1. The van der Waals surface area contributed by atoms with Gasteiger partial charge in [-0.1, -0.05) is 12.2 Å². The number of rotatable bonds is 9. The van der Waals surface area contributed by atoms with Gasteiger partial charge in [0.1, 0.15) is 11.6 Å². The van der Waals surface area contributed by atoms with E-state index in [1.54, 1.807) is 36.9 Å². The van der Waals surface area contributed by atoms with Gasteiger partial charge in [0.25, 0.3) is 5.91 Å². The van der Waals surface area contributed by atoms with Crippen molar-refractivity contribution in [2.24, 2.45) is 0 Å². The number of carbonyl (C=O) groups excluding carboxylic acids is 1. The van der Waals surface area contributed by atoms with E-state index in [9.17, 15) is 18.0 Å². The van der Waals surface area contributed by atoms with Crippen molar-refractivity contribution in [1.82, 2.24) is 4.98 Å². The summed E-state index contributed by atoms with van der Waals surface area (Å²) in [5.74, 6) is -3.33. The molecule has 2 aromatic carbocycles. The zero-order valence-corrected chi connectivity index (χ0v) is 17.3. The van der Waals surface area contributed by atoms with E-state index < -0.39 is 23.4 Å². The quantitative estimate of drug-likeness (QED) is 0.271. The first-order valence-electron chi connectivity index (χ1n) is 9.26. The van der Waals surface area contributed by atoms with Crippen molar-refractivity contribution < 1.29 is 27.4 Å². The monoisotopic (exact) mass is 448 g/mol. The molecule has 3 aromatic rings. The predicted octanol–water partition coefficient (Wildman–Crippen LogP) is 5.40. The molecule has 0 unspecified atom stereocenters. The van der Waals surface area contributed by atoms with Crippen molar-refractivity contribution in [3.63, 3.8) is 0 Å². The van der Waals surface area contributed by atoms with Crippen LogP contribution in [0.3, 0.4) is 0 Å². The highest BCUT2D eigenvalue weighted by Gasteiger charge is 2.12. The molecule has 0 bridgehead atoms. The van der Waals surface area contributed by atoms with Gasteiger partial charge in [-0.15, -0.1) is 11.3 Å². The number of aromatic nitrogens is 1. The molecule has 0 aliphatic rings. The van der Waals surface area contributed by atoms with Crippen LogP contribution in [0.4, 0.5) is 18.3 Å². The highest BCUT2D eigenvalue weighted by atomic mass is 32.1. The lowest BCUT2D eigenvalue weighted by Crippen LogP contribution is -2.12. The van der Waals surface area contributed by atoms with Crippen LogP contribution in [-0.4, -0.2) is 31.2 Å². The van der Waals surface area contributed by atoms with Crippen molar-refractivity contribution in [3.05, 3.63) is 76.1 Å². The molecule has 5 nitrogen and oxygen atoms in total. The summed E-state index contributed by atoms with van der Waals surface area (Å²) in [6.45, 7) is 0.875. The summed E-state index contributed by atoms with van der Waals surface area (Å²) < 4.78 is 51.5. The van der Waals surface area contributed by atoms with Crippen LogP contribution in [0.15, 0.2) is 41.9 Å². The van der Waals surface area contributed by atoms with E-state index in [4.69, 9.17) is 9.47 Å². The number of ether oxygens (including phenoxy) is 2. The molecule has 0 spiro atoms. The molecule has 0 fully saturated rings. The van der Waals surface area contributed by atoms with Gasteiger partial charge in [0.2, 0.25) is 0 Å². The van der Waals surface area contributed by atoms with Gasteiger partial charge in [-0.05, 0) is 29.8 Å². The predicted molar refractivity (Wildman–Crippen MR) is 114 cm³/mol. The fourth-order valence-electron chi connectivity index (χ4n) is 2.66. The Morgan fingerprint density at radius 1 is 1.13 bits per heavy atom. The second-order valence-corrected chi connectivity index (χ2v) is 7.30. The minimum Gasteiger partial charge on any atom is -0.493 e. The summed E-state index contributed by atoms with van der Waals surface area (Å²) in [5.41, 5.74) is 0.514. The highest BCUT2D eigenvalue weighted by Crippen LogP contribution is 2.23. The second-order valence-electron chi connectivity index (χ2n) is 6.40. The van der Waals surface area contributed by atoms with Crippen LogP contribution in [0.5, 0.6) is 5.75 Å². The van der Waals surface area contributed by atoms with Crippen LogP contribution < -0.4 is 10.1 Å². The highest BCUT2D eigenvalue weighted by molar-refractivity contribution is 7.13. The maximum absolute atomic E-state index is 13.9. The van der Waals surface area contributed by atoms with Crippen molar-refractivity contribution in [2.45, 2.75) is 6.42 Å². The molecule has 31 heavy (non-hydrogen) atoms. The molecule has 0 saturated heterocycles. The third-order valence-corrected chi connectivity index (χ3v) is 4.77. The molecule has 9 heteroatoms. The molecule has 0 radical (unpaired) electrons. The van der Waals surface area contributed by atoms with Crippen LogP contribution in [-0.2, 0) is 4.74 Å². The first-order valence-corrected chi connectivity index (χ1v) is 10.1. The van der Waals surface area contributed by atoms with Gasteiger partial charge in [-0.25, -0.2) is 18.2 Å². The normalized spacial score (nSPS) is 11.1. The maximum Gasteiger partial charge on any atom is 0.257 e. The van der Waals surface area contributed by atoms with Crippen molar-refractivity contribution in [1.29, 1.82) is 0 Å². The maximum atomic E-state index is 13.9. The number of amides is 1. The molecule has 1 amide bonds. The molecule has 1 heterocycles. The lowest BCUT2D eigenvalue weighted by atomic mass is 10.1. The van der Waals surface area contributed by atoms with Gasteiger partial charge in [0.15, 0.2) is 16.8 Å². The summed E-state index contributed by atoms with van der Waals surface area (Å²) >= 11 is 1.27. The molecule has 0 aliphatic carbocycles. The molecule has 0 aliphatic heterocycles. The molecular formula is C22H19F3N2O3S. The molecular weight excluding hydrogens is 429 g/mol. The third-order valence-electron chi connectivity index (χ3n) is 4.08. The Bertz CT molecular complexity index is 1070. The lowest BCUT2D eigenvalue weighted by molar-refractivity contribution is 0.102. The third kappa shape index (κ3) is 6.40. The van der Waals surface area contributed by atoms with E-state index >= 15 is 0 Å². The largest absolute Gasteiger partial charge is 0.493 e. The lowest BCUT2D eigenvalue weighted by Gasteiger charge is -2.10. The minimum atomic E-state index is -1.28. The zero-order chi connectivity index (χ0) is 22.2. The number of carbonyl (C=O) groups is 1. The van der Waals surface area contributed by atoms with Crippen molar-refractivity contribution >= 4 is 34.5 Å². The van der Waals surface area contributed by atoms with Crippen molar-refractivity contribution in [3.8, 4) is 5.75 Å². The standard InChI is InChI=1S/C22H19F3N2O3S/c1-29-6-2-7-30-18-10-14(3-4-15-11-17(23)13-19(24)20(15)25)9-16(12-18)21(28)27-22-26-5-8-31-22/h3-5,8-13H,2,6-7H2,1H3,(H,26,27,28)/b4-3+. The summed E-state index contributed by atoms with van der Waals surface area (Å²) in [6, 6.07) is 6.11. The molecule has 162 valence electrons. The Morgan fingerprint density at radius 2 is 1.97 bits per heavy atom. The number of halogens is 3. The number of thiazole rings is 1. The number of hydrogen-bond acceptors (Lipinski definition) is 5. The molecule has 0 saturated carbocycles. The topological polar surface area (TPSA) is 60.5 Å². The molecule has 3 rings (SSSR count). The fourth-order valence-corrected chi connectivity index (χ4v) is 3.19. The summed E-state index contributed by atoms with van der Waals surface area (Å²) in [4.78, 5) is 16.6. The first-order chi connectivity index (χ1) is 15.0. The van der Waals surface area contributed by atoms with E-state index in [1.165, 1.54) is 23.5 Å². The Hall–Kier alpha value is -3.17. The van der Waals surface area contributed by atoms with Crippen LogP contribution in [0, 0.1) is 17.5 Å². The Morgan fingerprint density at radius 3 is 2.71 bits per heavy atom. The van der Waals surface area contributed by atoms with Crippen LogP contribution in [0.1, 0.15) is 27.9 Å². The minimum absolute atomic E-state index is 0.252. The van der Waals surface area contributed by atoms with E-state index in [0.29, 0.717) is 42.1 Å². The van der Waals surface area contributed by atoms with E-state index in [1.807, 2.05) is 0 Å². The van der Waals surface area contributed by atoms with Gasteiger partial charge < -0.3 is 9.47 Å². The zero-order valence-electron chi connectivity index (χ0n) is 16.5. The molecule has 1 N–H and O–H groups in total. The van der Waals surface area contributed by atoms with Gasteiger partial charge in [0, 0.05) is 48.9 Å². The van der Waals surface area contributed by atoms with E-state index in [-0.39, 0.29) is 11.1 Å². The van der Waals surface area contributed by atoms with Crippen LogP contribution in [0.25, 0.3) is 12.2 Å². The SMILES string of the molecule is COCCCOc1cc(/C=C/c2cc(F)cc(F)c2F)cc(C(=O)Nc2nccs2)c1. The van der Waals surface area contributed by atoms with E-state index in [2.05, 4.69) is 10.3 Å². The van der Waals surface area contributed by atoms with E-state index in [0.717, 1.165) is 6.07 Å². The average molecular weight is 448 g/mol. The van der Waals surface area contributed by atoms with Crippen molar-refractivity contribution in [2.75, 3.05) is 25.6 Å². The number of methoxy groups -OCH3 is 1. The Kier molecular flexibility index (Phi) is 7.80. The van der Waals surface area contributed by atoms with Gasteiger partial charge in [-0.2, -0.15) is 0 Å². The Labute approximate surface area is 181 Å². The number of benzene rings is 2. The number of nitrogens with zero attached hydrogens (tertiary/aromatic N) is 1. The van der Waals surface area contributed by atoms with Crippen LogP contribution >= 0.6 is 11.3 Å². The first kappa shape index (κ1) is 22.5. The van der Waals surface area contributed by atoms with Gasteiger partial charge >= 0.3 is 0 Å². The summed E-state index contributed by atoms with van der Waals surface area (Å²) in [7, 11) is 1.58. The number of anilines is 1. The summed E-state index contributed by atoms with van der Waals surface area (Å²) in [6.07, 6.45) is 4.88. The molecule has 0 atom stereocenters. The smallest absolute Gasteiger partial charge is 0.257 e. The van der Waals surface area contributed by atoms with Crippen LogP contribution in [0.2, 0.25) is 0 Å². The summed E-state index contributed by atoms with van der Waals surface area (Å²) in [5, 5.41) is 4.84. The van der Waals surface area contributed by atoms with Gasteiger partial charge in [0.05, 0.1) is 6.61 Å². The number of nitrogens with one attached hydrogen (secondary N) is 1. The average Bonchev–Trinajstić information content (AvgIpc) is 3.25. The Balaban J connectivity index is 1.87. The van der Waals surface area contributed by atoms with Gasteiger partial charge in [-0.3, -0.25) is 10.1 Å². The second kappa shape index (κ2) is 10.7. The molecule has 1 aromatic heterocycles. The fraction of sp³-hybridized carbons (Fsp3) is 0.182.